The smallest absolute Gasteiger partial charge is 0.346 e. The Morgan fingerprint density at radius 1 is 1.15 bits per heavy atom. The molecular weight excluding hydrogens is 456 g/mol. The Hall–Kier alpha value is -3.24. The first-order valence-corrected chi connectivity index (χ1v) is 10.8. The molecule has 0 unspecified atom stereocenters. The summed E-state index contributed by atoms with van der Waals surface area (Å²) in [7, 11) is 1.54. The lowest BCUT2D eigenvalue weighted by Gasteiger charge is -2.38. The number of rotatable bonds is 5. The number of Topliss-reactive ketones (excluding diaryl/α,β-unsaturated/α-hetero) is 1. The SMILES string of the molecule is Cc1c(C(=O)Nc2ccc(F)nc2)c(C)n(C)c1C(=O)C(=O)NC1CCC(C)(C(F)(F)F)CC1. The Bertz CT molecular complexity index is 1110. The van der Waals surface area contributed by atoms with Crippen LogP contribution in [0.3, 0.4) is 0 Å². The molecule has 0 bridgehead atoms. The van der Waals surface area contributed by atoms with E-state index in [2.05, 4.69) is 15.6 Å². The highest BCUT2D eigenvalue weighted by atomic mass is 19.4. The van der Waals surface area contributed by atoms with Gasteiger partial charge in [0.2, 0.25) is 5.95 Å². The highest BCUT2D eigenvalue weighted by Crippen LogP contribution is 2.48. The third-order valence-corrected chi connectivity index (χ3v) is 6.67. The van der Waals surface area contributed by atoms with Crippen LogP contribution >= 0.6 is 0 Å². The van der Waals surface area contributed by atoms with Crippen molar-refractivity contribution < 1.29 is 31.9 Å². The van der Waals surface area contributed by atoms with Crippen LogP contribution in [0.2, 0.25) is 0 Å². The number of ketones is 1. The van der Waals surface area contributed by atoms with Gasteiger partial charge in [0, 0.05) is 18.8 Å². The minimum Gasteiger partial charge on any atom is -0.346 e. The van der Waals surface area contributed by atoms with E-state index >= 15 is 0 Å². The molecule has 1 saturated carbocycles. The average Bonchev–Trinajstić information content (AvgIpc) is 2.98. The van der Waals surface area contributed by atoms with Crippen LogP contribution in [0.4, 0.5) is 23.2 Å². The summed E-state index contributed by atoms with van der Waals surface area (Å²) >= 11 is 0. The summed E-state index contributed by atoms with van der Waals surface area (Å²) in [4.78, 5) is 41.9. The summed E-state index contributed by atoms with van der Waals surface area (Å²) < 4.78 is 54.1. The summed E-state index contributed by atoms with van der Waals surface area (Å²) in [5, 5.41) is 5.13. The number of carbonyl (C=O) groups is 3. The zero-order chi connectivity index (χ0) is 25.4. The van der Waals surface area contributed by atoms with Gasteiger partial charge in [-0.05, 0) is 57.2 Å². The second-order valence-corrected chi connectivity index (χ2v) is 8.95. The number of amides is 2. The van der Waals surface area contributed by atoms with Crippen LogP contribution in [-0.4, -0.2) is 39.4 Å². The molecule has 0 spiro atoms. The molecule has 2 amide bonds. The summed E-state index contributed by atoms with van der Waals surface area (Å²) in [5.41, 5.74) is -0.648. The molecule has 0 aliphatic heterocycles. The van der Waals surface area contributed by atoms with Crippen molar-refractivity contribution >= 4 is 23.3 Å². The van der Waals surface area contributed by atoms with Crippen molar-refractivity contribution in [1.29, 1.82) is 0 Å². The molecular formula is C23H26F4N4O3. The topological polar surface area (TPSA) is 93.1 Å². The Morgan fingerprint density at radius 3 is 2.29 bits per heavy atom. The number of anilines is 1. The van der Waals surface area contributed by atoms with Crippen molar-refractivity contribution in [3.8, 4) is 0 Å². The fourth-order valence-corrected chi connectivity index (χ4v) is 4.32. The van der Waals surface area contributed by atoms with Crippen LogP contribution in [0.15, 0.2) is 18.3 Å². The molecule has 0 atom stereocenters. The predicted octanol–water partition coefficient (Wildman–Crippen LogP) is 4.24. The van der Waals surface area contributed by atoms with Crippen molar-refractivity contribution in [3.63, 3.8) is 0 Å². The van der Waals surface area contributed by atoms with Crippen molar-refractivity contribution in [1.82, 2.24) is 14.9 Å². The van der Waals surface area contributed by atoms with Crippen LogP contribution in [0, 0.1) is 25.2 Å². The third kappa shape index (κ3) is 4.83. The molecule has 11 heteroatoms. The van der Waals surface area contributed by atoms with E-state index in [4.69, 9.17) is 0 Å². The highest BCUT2D eigenvalue weighted by molar-refractivity contribution is 6.43. The molecule has 1 fully saturated rings. The quantitative estimate of drug-likeness (QED) is 0.289. The molecule has 184 valence electrons. The molecule has 2 N–H and O–H groups in total. The fraction of sp³-hybridized carbons (Fsp3) is 0.478. The number of carbonyl (C=O) groups excluding carboxylic acids is 3. The van der Waals surface area contributed by atoms with Gasteiger partial charge in [0.15, 0.2) is 0 Å². The lowest BCUT2D eigenvalue weighted by molar-refractivity contribution is -0.228. The van der Waals surface area contributed by atoms with E-state index in [1.807, 2.05) is 0 Å². The van der Waals surface area contributed by atoms with Crippen molar-refractivity contribution in [3.05, 3.63) is 46.8 Å². The maximum absolute atomic E-state index is 13.2. The van der Waals surface area contributed by atoms with Gasteiger partial charge in [-0.25, -0.2) is 4.98 Å². The van der Waals surface area contributed by atoms with Gasteiger partial charge >= 0.3 is 6.18 Å². The van der Waals surface area contributed by atoms with Gasteiger partial charge in [-0.1, -0.05) is 6.92 Å². The van der Waals surface area contributed by atoms with Crippen molar-refractivity contribution in [2.24, 2.45) is 12.5 Å². The van der Waals surface area contributed by atoms with Crippen LogP contribution in [0.25, 0.3) is 0 Å². The van der Waals surface area contributed by atoms with E-state index in [0.29, 0.717) is 5.69 Å². The van der Waals surface area contributed by atoms with E-state index in [0.717, 1.165) is 12.3 Å². The van der Waals surface area contributed by atoms with Crippen LogP contribution in [0.5, 0.6) is 0 Å². The third-order valence-electron chi connectivity index (χ3n) is 6.67. The molecule has 1 aliphatic rings. The lowest BCUT2D eigenvalue weighted by Crippen LogP contribution is -2.46. The molecule has 0 saturated heterocycles. The zero-order valence-electron chi connectivity index (χ0n) is 19.3. The van der Waals surface area contributed by atoms with Crippen LogP contribution < -0.4 is 10.6 Å². The number of nitrogens with zero attached hydrogens (tertiary/aromatic N) is 2. The number of hydrogen-bond acceptors (Lipinski definition) is 4. The number of alkyl halides is 3. The number of halogens is 4. The van der Waals surface area contributed by atoms with Crippen LogP contribution in [-0.2, 0) is 11.8 Å². The van der Waals surface area contributed by atoms with Gasteiger partial charge in [-0.2, -0.15) is 17.6 Å². The van der Waals surface area contributed by atoms with Crippen LogP contribution in [0.1, 0.15) is 64.7 Å². The van der Waals surface area contributed by atoms with E-state index in [9.17, 15) is 31.9 Å². The summed E-state index contributed by atoms with van der Waals surface area (Å²) in [6.07, 6.45) is -3.23. The molecule has 34 heavy (non-hydrogen) atoms. The van der Waals surface area contributed by atoms with Crippen molar-refractivity contribution in [2.75, 3.05) is 5.32 Å². The van der Waals surface area contributed by atoms with E-state index in [-0.39, 0.29) is 48.2 Å². The second-order valence-electron chi connectivity index (χ2n) is 8.95. The van der Waals surface area contributed by atoms with Gasteiger partial charge in [0.1, 0.15) is 0 Å². The number of hydrogen-bond donors (Lipinski definition) is 2. The standard InChI is InChI=1S/C23H26F4N4O3/c1-12-17(20(33)30-15-5-6-16(24)28-11-15)13(2)31(4)18(12)19(32)21(34)29-14-7-9-22(3,10-8-14)23(25,26)27/h5-6,11,14H,7-10H2,1-4H3,(H,29,34)(H,30,33). The Morgan fingerprint density at radius 2 is 1.76 bits per heavy atom. The molecule has 2 heterocycles. The molecule has 0 aromatic carbocycles. The van der Waals surface area contributed by atoms with E-state index < -0.39 is 41.2 Å². The minimum atomic E-state index is -4.32. The molecule has 7 nitrogen and oxygen atoms in total. The number of aromatic nitrogens is 2. The largest absolute Gasteiger partial charge is 0.394 e. The Labute approximate surface area is 193 Å². The normalized spacial score (nSPS) is 20.6. The second kappa shape index (κ2) is 9.19. The van der Waals surface area contributed by atoms with Gasteiger partial charge in [0.25, 0.3) is 17.6 Å². The predicted molar refractivity (Wildman–Crippen MR) is 116 cm³/mol. The first kappa shape index (κ1) is 25.4. The van der Waals surface area contributed by atoms with E-state index in [1.54, 1.807) is 6.92 Å². The number of nitrogens with one attached hydrogen (secondary N) is 2. The highest BCUT2D eigenvalue weighted by Gasteiger charge is 2.52. The Balaban J connectivity index is 1.73. The molecule has 2 aromatic heterocycles. The van der Waals surface area contributed by atoms with Gasteiger partial charge in [0.05, 0.1) is 28.6 Å². The lowest BCUT2D eigenvalue weighted by atomic mass is 9.73. The minimum absolute atomic E-state index is 0.00770. The Kier molecular flexibility index (Phi) is 6.86. The maximum Gasteiger partial charge on any atom is 0.394 e. The first-order chi connectivity index (χ1) is 15.7. The summed E-state index contributed by atoms with van der Waals surface area (Å²) in [6, 6.07) is 1.88. The van der Waals surface area contributed by atoms with Gasteiger partial charge in [-0.3, -0.25) is 14.4 Å². The van der Waals surface area contributed by atoms with E-state index in [1.165, 1.54) is 31.5 Å². The fourth-order valence-electron chi connectivity index (χ4n) is 4.32. The van der Waals surface area contributed by atoms with Gasteiger partial charge < -0.3 is 15.2 Å². The zero-order valence-corrected chi connectivity index (χ0v) is 19.3. The van der Waals surface area contributed by atoms with Gasteiger partial charge in [-0.15, -0.1) is 0 Å². The molecule has 2 aromatic rings. The molecule has 3 rings (SSSR count). The summed E-state index contributed by atoms with van der Waals surface area (Å²) in [6.45, 7) is 4.31. The summed E-state index contributed by atoms with van der Waals surface area (Å²) in [5.74, 6) is -3.07. The molecule has 0 radical (unpaired) electrons. The first-order valence-electron chi connectivity index (χ1n) is 10.8. The molecule has 1 aliphatic carbocycles. The van der Waals surface area contributed by atoms with Crippen molar-refractivity contribution in [2.45, 2.75) is 58.7 Å². The average molecular weight is 482 g/mol. The number of pyridine rings is 1. The maximum atomic E-state index is 13.2. The monoisotopic (exact) mass is 482 g/mol.